The average molecular weight is 267 g/mol. The van der Waals surface area contributed by atoms with Crippen LogP contribution < -0.4 is 5.32 Å². The normalized spacial score (nSPS) is 14.1. The largest absolute Gasteiger partial charge is 0.304 e. The van der Waals surface area contributed by atoms with Gasteiger partial charge in [-0.1, -0.05) is 48.0 Å². The van der Waals surface area contributed by atoms with Crippen molar-refractivity contribution in [1.82, 2.24) is 5.32 Å². The molecular weight excluding hydrogens is 242 g/mol. The minimum atomic E-state index is 0.352. The van der Waals surface area contributed by atoms with Crippen LogP contribution in [0.4, 0.5) is 0 Å². The summed E-state index contributed by atoms with van der Waals surface area (Å²) < 4.78 is 0. The van der Waals surface area contributed by atoms with Crippen molar-refractivity contribution in [3.63, 3.8) is 0 Å². The average Bonchev–Trinajstić information content (AvgIpc) is 2.41. The Labute approximate surface area is 123 Å². The van der Waals surface area contributed by atoms with E-state index in [1.807, 2.05) is 0 Å². The minimum Gasteiger partial charge on any atom is -0.304 e. The Morgan fingerprint density at radius 1 is 0.750 bits per heavy atom. The van der Waals surface area contributed by atoms with Gasteiger partial charge in [0, 0.05) is 12.1 Å². The van der Waals surface area contributed by atoms with Gasteiger partial charge in [0.05, 0.1) is 0 Å². The third-order valence-electron chi connectivity index (χ3n) is 4.07. The zero-order chi connectivity index (χ0) is 14.7. The molecule has 0 aliphatic heterocycles. The SMILES string of the molecule is Cc1cccc([C@@H](C)NC(C)c2ccc(C)c(C)c2)c1. The van der Waals surface area contributed by atoms with Crippen molar-refractivity contribution in [1.29, 1.82) is 0 Å². The van der Waals surface area contributed by atoms with E-state index in [1.54, 1.807) is 0 Å². The monoisotopic (exact) mass is 267 g/mol. The first-order valence-corrected chi connectivity index (χ1v) is 7.37. The molecule has 0 aliphatic rings. The third-order valence-corrected chi connectivity index (χ3v) is 4.07. The van der Waals surface area contributed by atoms with E-state index in [1.165, 1.54) is 27.8 Å². The van der Waals surface area contributed by atoms with Gasteiger partial charge in [0.2, 0.25) is 0 Å². The Bertz CT molecular complexity index is 586. The summed E-state index contributed by atoms with van der Waals surface area (Å²) in [6.07, 6.45) is 0. The van der Waals surface area contributed by atoms with Crippen LogP contribution in [-0.4, -0.2) is 0 Å². The van der Waals surface area contributed by atoms with E-state index < -0.39 is 0 Å². The Balaban J connectivity index is 2.10. The number of hydrogen-bond acceptors (Lipinski definition) is 1. The smallest absolute Gasteiger partial charge is 0.0297 e. The predicted molar refractivity (Wildman–Crippen MR) is 87.1 cm³/mol. The van der Waals surface area contributed by atoms with Crippen LogP contribution >= 0.6 is 0 Å². The summed E-state index contributed by atoms with van der Waals surface area (Å²) in [5.74, 6) is 0. The van der Waals surface area contributed by atoms with Gasteiger partial charge in [0.15, 0.2) is 0 Å². The number of aryl methyl sites for hydroxylation is 3. The van der Waals surface area contributed by atoms with Crippen molar-refractivity contribution < 1.29 is 0 Å². The number of nitrogens with one attached hydrogen (secondary N) is 1. The lowest BCUT2D eigenvalue weighted by Gasteiger charge is -2.21. The zero-order valence-corrected chi connectivity index (χ0v) is 13.2. The predicted octanol–water partition coefficient (Wildman–Crippen LogP) is 5.02. The number of benzene rings is 2. The molecule has 1 N–H and O–H groups in total. The molecule has 2 rings (SSSR count). The molecule has 0 radical (unpaired) electrons. The molecule has 0 saturated heterocycles. The third kappa shape index (κ3) is 3.49. The Hall–Kier alpha value is -1.60. The van der Waals surface area contributed by atoms with Crippen LogP contribution in [0.2, 0.25) is 0 Å². The first kappa shape index (κ1) is 14.8. The molecule has 1 heteroatoms. The number of rotatable bonds is 4. The van der Waals surface area contributed by atoms with Crippen LogP contribution in [0.1, 0.15) is 53.7 Å². The van der Waals surface area contributed by atoms with Gasteiger partial charge in [-0.3, -0.25) is 0 Å². The zero-order valence-electron chi connectivity index (χ0n) is 13.2. The Morgan fingerprint density at radius 3 is 2.00 bits per heavy atom. The lowest BCUT2D eigenvalue weighted by atomic mass is 10.00. The highest BCUT2D eigenvalue weighted by Gasteiger charge is 2.11. The Kier molecular flexibility index (Phi) is 4.61. The fourth-order valence-electron chi connectivity index (χ4n) is 2.54. The van der Waals surface area contributed by atoms with Crippen molar-refractivity contribution in [2.75, 3.05) is 0 Å². The summed E-state index contributed by atoms with van der Waals surface area (Å²) in [5.41, 5.74) is 6.73. The summed E-state index contributed by atoms with van der Waals surface area (Å²) in [7, 11) is 0. The maximum atomic E-state index is 3.69. The maximum absolute atomic E-state index is 3.69. The van der Waals surface area contributed by atoms with Crippen LogP contribution in [0.25, 0.3) is 0 Å². The second-order valence-corrected chi connectivity index (χ2v) is 5.87. The molecule has 1 unspecified atom stereocenters. The van der Waals surface area contributed by atoms with Crippen LogP contribution in [0, 0.1) is 20.8 Å². The quantitative estimate of drug-likeness (QED) is 0.819. The minimum absolute atomic E-state index is 0.352. The molecule has 0 bridgehead atoms. The highest BCUT2D eigenvalue weighted by atomic mass is 14.9. The van der Waals surface area contributed by atoms with Gasteiger partial charge < -0.3 is 5.32 Å². The van der Waals surface area contributed by atoms with Crippen LogP contribution in [-0.2, 0) is 0 Å². The molecule has 1 nitrogen and oxygen atoms in total. The molecule has 106 valence electrons. The first-order valence-electron chi connectivity index (χ1n) is 7.37. The van der Waals surface area contributed by atoms with Crippen molar-refractivity contribution in [3.05, 3.63) is 70.3 Å². The van der Waals surface area contributed by atoms with E-state index in [4.69, 9.17) is 0 Å². The molecule has 2 aromatic rings. The van der Waals surface area contributed by atoms with Gasteiger partial charge in [-0.25, -0.2) is 0 Å². The Morgan fingerprint density at radius 2 is 1.40 bits per heavy atom. The van der Waals surface area contributed by atoms with Crippen molar-refractivity contribution >= 4 is 0 Å². The van der Waals surface area contributed by atoms with Gasteiger partial charge in [-0.15, -0.1) is 0 Å². The second kappa shape index (κ2) is 6.23. The molecule has 0 saturated carbocycles. The molecule has 0 heterocycles. The summed E-state index contributed by atoms with van der Waals surface area (Å²) in [5, 5.41) is 3.69. The summed E-state index contributed by atoms with van der Waals surface area (Å²) in [4.78, 5) is 0. The van der Waals surface area contributed by atoms with E-state index in [0.717, 1.165) is 0 Å². The van der Waals surface area contributed by atoms with Gasteiger partial charge in [-0.2, -0.15) is 0 Å². The van der Waals surface area contributed by atoms with Gasteiger partial charge in [0.1, 0.15) is 0 Å². The fraction of sp³-hybridized carbons (Fsp3) is 0.368. The van der Waals surface area contributed by atoms with E-state index in [9.17, 15) is 0 Å². The molecule has 0 aliphatic carbocycles. The van der Waals surface area contributed by atoms with E-state index in [-0.39, 0.29) is 0 Å². The molecule has 0 amide bonds. The lowest BCUT2D eigenvalue weighted by molar-refractivity contribution is 0.494. The van der Waals surface area contributed by atoms with Crippen LogP contribution in [0.5, 0.6) is 0 Å². The molecule has 0 aromatic heterocycles. The molecule has 0 spiro atoms. The highest BCUT2D eigenvalue weighted by molar-refractivity contribution is 5.32. The molecule has 2 aromatic carbocycles. The van der Waals surface area contributed by atoms with Crippen molar-refractivity contribution in [2.45, 2.75) is 46.7 Å². The summed E-state index contributed by atoms with van der Waals surface area (Å²) in [6.45, 7) is 10.9. The van der Waals surface area contributed by atoms with Crippen molar-refractivity contribution in [2.24, 2.45) is 0 Å². The standard InChI is InChI=1S/C19H25N/c1-13-7-6-8-18(11-13)16(4)20-17(5)19-10-9-14(2)15(3)12-19/h6-12,16-17,20H,1-5H3/t16-,17?/m1/s1. The van der Waals surface area contributed by atoms with Gasteiger partial charge in [0.25, 0.3) is 0 Å². The van der Waals surface area contributed by atoms with Crippen LogP contribution in [0.3, 0.4) is 0 Å². The van der Waals surface area contributed by atoms with Gasteiger partial charge in [-0.05, 0) is 56.9 Å². The summed E-state index contributed by atoms with van der Waals surface area (Å²) in [6, 6.07) is 16.1. The molecule has 20 heavy (non-hydrogen) atoms. The fourth-order valence-corrected chi connectivity index (χ4v) is 2.54. The maximum Gasteiger partial charge on any atom is 0.0297 e. The van der Waals surface area contributed by atoms with E-state index >= 15 is 0 Å². The van der Waals surface area contributed by atoms with Crippen LogP contribution in [0.15, 0.2) is 42.5 Å². The van der Waals surface area contributed by atoms with E-state index in [2.05, 4.69) is 82.4 Å². The van der Waals surface area contributed by atoms with Crippen molar-refractivity contribution in [3.8, 4) is 0 Å². The van der Waals surface area contributed by atoms with Gasteiger partial charge >= 0.3 is 0 Å². The molecular formula is C19H25N. The second-order valence-electron chi connectivity index (χ2n) is 5.87. The highest BCUT2D eigenvalue weighted by Crippen LogP contribution is 2.21. The topological polar surface area (TPSA) is 12.0 Å². The molecule has 0 fully saturated rings. The first-order chi connectivity index (χ1) is 9.47. The number of hydrogen-bond donors (Lipinski definition) is 1. The van der Waals surface area contributed by atoms with E-state index in [0.29, 0.717) is 12.1 Å². The lowest BCUT2D eigenvalue weighted by Crippen LogP contribution is -2.22. The molecule has 2 atom stereocenters. The summed E-state index contributed by atoms with van der Waals surface area (Å²) >= 11 is 0.